The maximum absolute atomic E-state index is 12.4. The van der Waals surface area contributed by atoms with Gasteiger partial charge in [-0.1, -0.05) is 212 Å². The summed E-state index contributed by atoms with van der Waals surface area (Å²) < 4.78 is 0. The Kier molecular flexibility index (Phi) is 40.6. The number of rotatable bonds is 41. The van der Waals surface area contributed by atoms with E-state index < -0.39 is 18.2 Å². The zero-order chi connectivity index (χ0) is 37.3. The molecule has 0 saturated carbocycles. The molecule has 0 aromatic carbocycles. The van der Waals surface area contributed by atoms with E-state index in [1.54, 1.807) is 6.08 Å². The molecule has 4 N–H and O–H groups in total. The Hall–Kier alpha value is -1.17. The van der Waals surface area contributed by atoms with E-state index in [2.05, 4.69) is 31.3 Å². The van der Waals surface area contributed by atoms with Crippen molar-refractivity contribution in [3.8, 4) is 0 Å². The molecular formula is C46H89NO4. The van der Waals surface area contributed by atoms with E-state index in [0.29, 0.717) is 6.42 Å². The van der Waals surface area contributed by atoms with Gasteiger partial charge in [-0.15, -0.1) is 0 Å². The van der Waals surface area contributed by atoms with Gasteiger partial charge in [0, 0.05) is 0 Å². The van der Waals surface area contributed by atoms with Crippen molar-refractivity contribution in [2.24, 2.45) is 0 Å². The molecule has 51 heavy (non-hydrogen) atoms. The minimum absolute atomic E-state index is 0.00935. The fourth-order valence-corrected chi connectivity index (χ4v) is 6.98. The number of hydrogen-bond acceptors (Lipinski definition) is 4. The van der Waals surface area contributed by atoms with Crippen LogP contribution in [0.2, 0.25) is 0 Å². The lowest BCUT2D eigenvalue weighted by Crippen LogP contribution is -2.45. The summed E-state index contributed by atoms with van der Waals surface area (Å²) in [5.41, 5.74) is 0. The summed E-state index contributed by atoms with van der Waals surface area (Å²) >= 11 is 0. The Bertz CT molecular complexity index is 754. The second-order valence-electron chi connectivity index (χ2n) is 15.7. The monoisotopic (exact) mass is 720 g/mol. The molecule has 0 aliphatic heterocycles. The molecular weight excluding hydrogens is 631 g/mol. The van der Waals surface area contributed by atoms with Gasteiger partial charge in [0.2, 0.25) is 5.91 Å². The van der Waals surface area contributed by atoms with E-state index in [1.807, 2.05) is 6.08 Å². The van der Waals surface area contributed by atoms with Crippen LogP contribution in [-0.4, -0.2) is 46.1 Å². The van der Waals surface area contributed by atoms with Crippen LogP contribution in [-0.2, 0) is 4.79 Å². The van der Waals surface area contributed by atoms with Crippen molar-refractivity contribution in [2.45, 2.75) is 257 Å². The number of unbranched alkanes of at least 4 members (excludes halogenated alkanes) is 30. The van der Waals surface area contributed by atoms with E-state index in [9.17, 15) is 20.1 Å². The summed E-state index contributed by atoms with van der Waals surface area (Å²) in [7, 11) is 0. The first-order valence-corrected chi connectivity index (χ1v) is 22.6. The van der Waals surface area contributed by atoms with Crippen LogP contribution in [0.1, 0.15) is 239 Å². The molecule has 0 aromatic heterocycles. The van der Waals surface area contributed by atoms with Crippen LogP contribution < -0.4 is 5.32 Å². The predicted octanol–water partition coefficient (Wildman–Crippen LogP) is 13.0. The van der Waals surface area contributed by atoms with E-state index in [1.165, 1.54) is 173 Å². The van der Waals surface area contributed by atoms with Gasteiger partial charge >= 0.3 is 0 Å². The molecule has 0 aliphatic carbocycles. The normalized spacial score (nSPS) is 13.7. The molecule has 3 unspecified atom stereocenters. The predicted molar refractivity (Wildman–Crippen MR) is 222 cm³/mol. The third kappa shape index (κ3) is 38.4. The number of carbonyl (C=O) groups is 1. The van der Waals surface area contributed by atoms with Gasteiger partial charge in [0.1, 0.15) is 0 Å². The first-order chi connectivity index (χ1) is 25.0. The van der Waals surface area contributed by atoms with Crippen molar-refractivity contribution < 1.29 is 20.1 Å². The number of carbonyl (C=O) groups excluding carboxylic acids is 1. The zero-order valence-electron chi connectivity index (χ0n) is 34.2. The standard InChI is InChI=1S/C46H89NO4/c1-3-5-7-9-11-13-15-17-18-19-20-21-22-23-24-25-26-28-30-32-34-36-38-40-45(50)44(42-48)47-46(51)41-43(49)39-37-35-33-31-29-27-16-14-12-10-8-6-4-2/h14,16,38,40,43-45,48-50H,3-13,15,17-37,39,41-42H2,1-2H3,(H,47,51)/b16-14-,40-38+. The Morgan fingerprint density at radius 2 is 0.824 bits per heavy atom. The van der Waals surface area contributed by atoms with Gasteiger partial charge in [-0.25, -0.2) is 0 Å². The minimum Gasteiger partial charge on any atom is -0.394 e. The van der Waals surface area contributed by atoms with Crippen molar-refractivity contribution >= 4 is 5.91 Å². The number of amides is 1. The highest BCUT2D eigenvalue weighted by molar-refractivity contribution is 5.76. The van der Waals surface area contributed by atoms with Gasteiger partial charge in [-0.05, 0) is 44.9 Å². The second-order valence-corrected chi connectivity index (χ2v) is 15.7. The van der Waals surface area contributed by atoms with Gasteiger partial charge in [0.05, 0.1) is 31.3 Å². The van der Waals surface area contributed by atoms with Gasteiger partial charge in [0.15, 0.2) is 0 Å². The largest absolute Gasteiger partial charge is 0.394 e. The maximum Gasteiger partial charge on any atom is 0.222 e. The molecule has 0 aliphatic rings. The summed E-state index contributed by atoms with van der Waals surface area (Å²) in [4.78, 5) is 12.4. The zero-order valence-corrected chi connectivity index (χ0v) is 34.2. The highest BCUT2D eigenvalue weighted by Gasteiger charge is 2.20. The SMILES string of the molecule is CCCCCC/C=C\CCCCCCCC(O)CC(=O)NC(CO)C(O)/C=C/CCCCCCCCCCCCCCCCCCCCCCC. The lowest BCUT2D eigenvalue weighted by Gasteiger charge is -2.21. The van der Waals surface area contributed by atoms with Crippen LogP contribution in [0.5, 0.6) is 0 Å². The van der Waals surface area contributed by atoms with E-state index in [4.69, 9.17) is 0 Å². The molecule has 0 radical (unpaired) electrons. The summed E-state index contributed by atoms with van der Waals surface area (Å²) in [6.45, 7) is 4.20. The highest BCUT2D eigenvalue weighted by atomic mass is 16.3. The smallest absolute Gasteiger partial charge is 0.222 e. The molecule has 5 nitrogen and oxygen atoms in total. The van der Waals surface area contributed by atoms with Gasteiger partial charge < -0.3 is 20.6 Å². The maximum atomic E-state index is 12.4. The quantitative estimate of drug-likeness (QED) is 0.0374. The Balaban J connectivity index is 3.62. The first kappa shape index (κ1) is 49.8. The lowest BCUT2D eigenvalue weighted by atomic mass is 10.0. The second kappa shape index (κ2) is 41.6. The third-order valence-corrected chi connectivity index (χ3v) is 10.5. The topological polar surface area (TPSA) is 89.8 Å². The average molecular weight is 720 g/mol. The number of aliphatic hydroxyl groups is 3. The highest BCUT2D eigenvalue weighted by Crippen LogP contribution is 2.16. The van der Waals surface area contributed by atoms with Crippen LogP contribution in [0.15, 0.2) is 24.3 Å². The summed E-state index contributed by atoms with van der Waals surface area (Å²) in [6.07, 6.45) is 50.4. The van der Waals surface area contributed by atoms with Gasteiger partial charge in [-0.3, -0.25) is 4.79 Å². The van der Waals surface area contributed by atoms with Crippen molar-refractivity contribution in [1.29, 1.82) is 0 Å². The number of nitrogens with one attached hydrogen (secondary N) is 1. The molecule has 0 spiro atoms. The molecule has 0 heterocycles. The van der Waals surface area contributed by atoms with Crippen molar-refractivity contribution in [3.05, 3.63) is 24.3 Å². The van der Waals surface area contributed by atoms with E-state index >= 15 is 0 Å². The summed E-state index contributed by atoms with van der Waals surface area (Å²) in [5, 5.41) is 33.2. The van der Waals surface area contributed by atoms with Crippen LogP contribution in [0.4, 0.5) is 0 Å². The molecule has 3 atom stereocenters. The minimum atomic E-state index is -0.929. The molecule has 0 rings (SSSR count). The van der Waals surface area contributed by atoms with Crippen LogP contribution >= 0.6 is 0 Å². The Morgan fingerprint density at radius 1 is 0.490 bits per heavy atom. The van der Waals surface area contributed by atoms with E-state index in [0.717, 1.165) is 38.5 Å². The molecule has 0 saturated heterocycles. The Labute approximate surface area is 318 Å². The van der Waals surface area contributed by atoms with Crippen molar-refractivity contribution in [1.82, 2.24) is 5.32 Å². The summed E-state index contributed by atoms with van der Waals surface area (Å²) in [5.74, 6) is -0.320. The fourth-order valence-electron chi connectivity index (χ4n) is 6.98. The van der Waals surface area contributed by atoms with Crippen molar-refractivity contribution in [2.75, 3.05) is 6.61 Å². The number of aliphatic hydroxyl groups excluding tert-OH is 3. The molecule has 1 amide bonds. The van der Waals surface area contributed by atoms with Crippen LogP contribution in [0, 0.1) is 0 Å². The summed E-state index contributed by atoms with van der Waals surface area (Å²) in [6, 6.07) is -0.744. The Morgan fingerprint density at radius 3 is 1.22 bits per heavy atom. The molecule has 0 aromatic rings. The van der Waals surface area contributed by atoms with Crippen LogP contribution in [0.3, 0.4) is 0 Å². The van der Waals surface area contributed by atoms with Gasteiger partial charge in [0.25, 0.3) is 0 Å². The lowest BCUT2D eigenvalue weighted by molar-refractivity contribution is -0.124. The van der Waals surface area contributed by atoms with Gasteiger partial charge in [-0.2, -0.15) is 0 Å². The number of allylic oxidation sites excluding steroid dienone is 3. The van der Waals surface area contributed by atoms with Crippen molar-refractivity contribution in [3.63, 3.8) is 0 Å². The first-order valence-electron chi connectivity index (χ1n) is 22.6. The number of hydrogen-bond donors (Lipinski definition) is 4. The molecule has 0 bridgehead atoms. The molecule has 5 heteroatoms. The van der Waals surface area contributed by atoms with E-state index in [-0.39, 0.29) is 18.9 Å². The molecule has 302 valence electrons. The fraction of sp³-hybridized carbons (Fsp3) is 0.891. The molecule has 0 fully saturated rings. The third-order valence-electron chi connectivity index (χ3n) is 10.5. The van der Waals surface area contributed by atoms with Crippen LogP contribution in [0.25, 0.3) is 0 Å². The average Bonchev–Trinajstić information content (AvgIpc) is 3.12.